The molecule has 1 amide bonds. The minimum absolute atomic E-state index is 0.0137. The van der Waals surface area contributed by atoms with Gasteiger partial charge in [0.05, 0.1) is 11.6 Å². The lowest BCUT2D eigenvalue weighted by Gasteiger charge is -2.20. The molecule has 0 aliphatic heterocycles. The summed E-state index contributed by atoms with van der Waals surface area (Å²) < 4.78 is 17.8. The van der Waals surface area contributed by atoms with Crippen molar-refractivity contribution in [1.29, 1.82) is 0 Å². The molecule has 5 heteroatoms. The summed E-state index contributed by atoms with van der Waals surface area (Å²) in [6, 6.07) is 4.11. The van der Waals surface area contributed by atoms with Crippen LogP contribution in [-0.2, 0) is 4.74 Å². The molecule has 0 spiro atoms. The first-order valence-electron chi connectivity index (χ1n) is 4.99. The fraction of sp³-hybridized carbons (Fsp3) is 0.364. The molecule has 0 unspecified atom stereocenters. The van der Waals surface area contributed by atoms with Crippen LogP contribution in [0.15, 0.2) is 18.2 Å². The third-order valence-corrected chi connectivity index (χ3v) is 2.31. The van der Waals surface area contributed by atoms with Crippen molar-refractivity contribution in [2.75, 3.05) is 18.1 Å². The zero-order chi connectivity index (χ0) is 12.1. The Balaban J connectivity index is 2.95. The molecule has 0 radical (unpaired) electrons. The third-order valence-electron chi connectivity index (χ3n) is 2.02. The van der Waals surface area contributed by atoms with Crippen LogP contribution in [0.3, 0.4) is 0 Å². The Kier molecular flexibility index (Phi) is 4.55. The van der Waals surface area contributed by atoms with Crippen molar-refractivity contribution in [3.8, 4) is 0 Å². The zero-order valence-corrected chi connectivity index (χ0v) is 9.92. The summed E-state index contributed by atoms with van der Waals surface area (Å²) in [7, 11) is 0. The van der Waals surface area contributed by atoms with Crippen LogP contribution in [0.2, 0.25) is 5.02 Å². The van der Waals surface area contributed by atoms with Crippen molar-refractivity contribution in [3.05, 3.63) is 29.0 Å². The lowest BCUT2D eigenvalue weighted by atomic mass is 10.3. The van der Waals surface area contributed by atoms with Crippen LogP contribution in [-0.4, -0.2) is 19.2 Å². The Morgan fingerprint density at radius 3 is 2.69 bits per heavy atom. The van der Waals surface area contributed by atoms with Gasteiger partial charge in [0.25, 0.3) is 0 Å². The maximum atomic E-state index is 12.9. The van der Waals surface area contributed by atoms with Crippen molar-refractivity contribution in [1.82, 2.24) is 0 Å². The first-order valence-corrected chi connectivity index (χ1v) is 5.37. The Hall–Kier alpha value is -1.29. The van der Waals surface area contributed by atoms with E-state index in [-0.39, 0.29) is 5.02 Å². The second-order valence-corrected chi connectivity index (χ2v) is 3.45. The largest absolute Gasteiger partial charge is 0.449 e. The molecule has 0 aliphatic rings. The first-order chi connectivity index (χ1) is 7.60. The van der Waals surface area contributed by atoms with E-state index in [1.807, 2.05) is 0 Å². The fourth-order valence-electron chi connectivity index (χ4n) is 1.27. The van der Waals surface area contributed by atoms with E-state index in [1.54, 1.807) is 13.8 Å². The standard InChI is InChI=1S/C11H13ClFNO2/c1-3-14(11(15)16-4-2)8-5-6-10(13)9(12)7-8/h5-7H,3-4H2,1-2H3. The normalized spacial score (nSPS) is 10.0. The molecule has 1 rings (SSSR count). The minimum Gasteiger partial charge on any atom is -0.449 e. The van der Waals surface area contributed by atoms with E-state index in [0.29, 0.717) is 18.8 Å². The van der Waals surface area contributed by atoms with Crippen LogP contribution in [0, 0.1) is 5.82 Å². The van der Waals surface area contributed by atoms with Crippen molar-refractivity contribution in [2.45, 2.75) is 13.8 Å². The summed E-state index contributed by atoms with van der Waals surface area (Å²) in [5.74, 6) is -0.509. The van der Waals surface area contributed by atoms with E-state index >= 15 is 0 Å². The van der Waals surface area contributed by atoms with Gasteiger partial charge in [-0.2, -0.15) is 0 Å². The molecule has 0 saturated heterocycles. The molecule has 0 aromatic heterocycles. The van der Waals surface area contributed by atoms with Gasteiger partial charge in [-0.3, -0.25) is 4.90 Å². The van der Waals surface area contributed by atoms with Gasteiger partial charge in [0.15, 0.2) is 0 Å². The number of halogens is 2. The number of carbonyl (C=O) groups excluding carboxylic acids is 1. The monoisotopic (exact) mass is 245 g/mol. The van der Waals surface area contributed by atoms with Crippen molar-refractivity contribution >= 4 is 23.4 Å². The highest BCUT2D eigenvalue weighted by atomic mass is 35.5. The van der Waals surface area contributed by atoms with Crippen molar-refractivity contribution in [2.24, 2.45) is 0 Å². The van der Waals surface area contributed by atoms with Crippen LogP contribution in [0.25, 0.3) is 0 Å². The molecule has 1 aromatic rings. The molecule has 16 heavy (non-hydrogen) atoms. The quantitative estimate of drug-likeness (QED) is 0.816. The molecule has 0 N–H and O–H groups in total. The Labute approximate surface area is 98.8 Å². The smallest absolute Gasteiger partial charge is 0.414 e. The predicted molar refractivity (Wildman–Crippen MR) is 61.5 cm³/mol. The number of anilines is 1. The number of hydrogen-bond donors (Lipinski definition) is 0. The summed E-state index contributed by atoms with van der Waals surface area (Å²) in [5.41, 5.74) is 0.521. The van der Waals surface area contributed by atoms with Crippen LogP contribution < -0.4 is 4.90 Å². The second kappa shape index (κ2) is 5.70. The van der Waals surface area contributed by atoms with Gasteiger partial charge in [0, 0.05) is 12.2 Å². The summed E-state index contributed by atoms with van der Waals surface area (Å²) in [6.07, 6.45) is -0.465. The molecule has 0 fully saturated rings. The lowest BCUT2D eigenvalue weighted by Crippen LogP contribution is -2.31. The average molecular weight is 246 g/mol. The van der Waals surface area contributed by atoms with Crippen LogP contribution in [0.4, 0.5) is 14.9 Å². The highest BCUT2D eigenvalue weighted by Gasteiger charge is 2.15. The molecular formula is C11H13ClFNO2. The van der Waals surface area contributed by atoms with Gasteiger partial charge in [-0.15, -0.1) is 0 Å². The molecule has 0 bridgehead atoms. The topological polar surface area (TPSA) is 29.5 Å². The number of benzene rings is 1. The van der Waals surface area contributed by atoms with Crippen molar-refractivity contribution < 1.29 is 13.9 Å². The predicted octanol–water partition coefficient (Wildman–Crippen LogP) is 3.46. The van der Waals surface area contributed by atoms with Gasteiger partial charge in [-0.05, 0) is 32.0 Å². The van der Waals surface area contributed by atoms with Crippen LogP contribution in [0.1, 0.15) is 13.8 Å². The maximum Gasteiger partial charge on any atom is 0.414 e. The van der Waals surface area contributed by atoms with E-state index < -0.39 is 11.9 Å². The minimum atomic E-state index is -0.509. The highest BCUT2D eigenvalue weighted by molar-refractivity contribution is 6.31. The number of hydrogen-bond acceptors (Lipinski definition) is 2. The van der Waals surface area contributed by atoms with Gasteiger partial charge in [0.2, 0.25) is 0 Å². The van der Waals surface area contributed by atoms with E-state index in [4.69, 9.17) is 16.3 Å². The number of nitrogens with zero attached hydrogens (tertiary/aromatic N) is 1. The van der Waals surface area contributed by atoms with Gasteiger partial charge in [-0.1, -0.05) is 11.6 Å². The second-order valence-electron chi connectivity index (χ2n) is 3.04. The summed E-state index contributed by atoms with van der Waals surface area (Å²) in [5, 5.41) is -0.0137. The molecule has 0 atom stereocenters. The van der Waals surface area contributed by atoms with E-state index in [2.05, 4.69) is 0 Å². The molecule has 0 saturated carbocycles. The third kappa shape index (κ3) is 2.85. The van der Waals surface area contributed by atoms with Gasteiger partial charge < -0.3 is 4.74 Å². The lowest BCUT2D eigenvalue weighted by molar-refractivity contribution is 0.160. The average Bonchev–Trinajstić information content (AvgIpc) is 2.25. The molecule has 3 nitrogen and oxygen atoms in total. The zero-order valence-electron chi connectivity index (χ0n) is 9.17. The van der Waals surface area contributed by atoms with Gasteiger partial charge in [-0.25, -0.2) is 9.18 Å². The highest BCUT2D eigenvalue weighted by Crippen LogP contribution is 2.23. The van der Waals surface area contributed by atoms with E-state index in [1.165, 1.54) is 23.1 Å². The SMILES string of the molecule is CCOC(=O)N(CC)c1ccc(F)c(Cl)c1. The maximum absolute atomic E-state index is 12.9. The van der Waals surface area contributed by atoms with E-state index in [9.17, 15) is 9.18 Å². The Bertz CT molecular complexity index is 384. The fourth-order valence-corrected chi connectivity index (χ4v) is 1.45. The Morgan fingerprint density at radius 2 is 2.19 bits per heavy atom. The summed E-state index contributed by atoms with van der Waals surface area (Å²) in [6.45, 7) is 4.25. The number of carbonyl (C=O) groups is 1. The first kappa shape index (κ1) is 12.8. The Morgan fingerprint density at radius 1 is 1.50 bits per heavy atom. The molecule has 0 aliphatic carbocycles. The number of amides is 1. The van der Waals surface area contributed by atoms with Crippen molar-refractivity contribution in [3.63, 3.8) is 0 Å². The summed E-state index contributed by atoms with van der Waals surface area (Å²) >= 11 is 5.64. The molecule has 0 heterocycles. The molecule has 88 valence electrons. The number of ether oxygens (including phenoxy) is 1. The van der Waals surface area contributed by atoms with Gasteiger partial charge >= 0.3 is 6.09 Å². The van der Waals surface area contributed by atoms with Gasteiger partial charge in [0.1, 0.15) is 5.82 Å². The molecular weight excluding hydrogens is 233 g/mol. The summed E-state index contributed by atoms with van der Waals surface area (Å²) in [4.78, 5) is 12.9. The van der Waals surface area contributed by atoms with Crippen LogP contribution >= 0.6 is 11.6 Å². The van der Waals surface area contributed by atoms with E-state index in [0.717, 1.165) is 0 Å². The molecule has 1 aromatic carbocycles. The number of rotatable bonds is 3. The van der Waals surface area contributed by atoms with Crippen LogP contribution in [0.5, 0.6) is 0 Å².